The van der Waals surface area contributed by atoms with Gasteiger partial charge in [0.1, 0.15) is 0 Å². The molecule has 0 aliphatic carbocycles. The summed E-state index contributed by atoms with van der Waals surface area (Å²) in [4.78, 5) is 1.36. The van der Waals surface area contributed by atoms with Gasteiger partial charge in [-0.05, 0) is 60.3 Å². The van der Waals surface area contributed by atoms with Crippen molar-refractivity contribution >= 4 is 27.3 Å². The first-order valence-corrected chi connectivity index (χ1v) is 8.79. The van der Waals surface area contributed by atoms with E-state index in [4.69, 9.17) is 0 Å². The Bertz CT molecular complexity index is 533. The van der Waals surface area contributed by atoms with Crippen molar-refractivity contribution in [2.45, 2.75) is 45.7 Å². The van der Waals surface area contributed by atoms with Gasteiger partial charge in [-0.15, -0.1) is 11.3 Å². The third kappa shape index (κ3) is 3.93. The molecule has 2 aromatic rings. The van der Waals surface area contributed by atoms with Crippen molar-refractivity contribution in [2.24, 2.45) is 0 Å². The summed E-state index contributed by atoms with van der Waals surface area (Å²) < 4.78 is 3.22. The van der Waals surface area contributed by atoms with E-state index in [1.807, 2.05) is 4.68 Å². The van der Waals surface area contributed by atoms with E-state index in [1.165, 1.54) is 9.35 Å². The normalized spacial score (nSPS) is 13.1. The smallest absolute Gasteiger partial charge is 0.0644 e. The Kier molecular flexibility index (Phi) is 5.81. The number of halogens is 1. The van der Waals surface area contributed by atoms with Crippen molar-refractivity contribution in [3.05, 3.63) is 38.8 Å². The summed E-state index contributed by atoms with van der Waals surface area (Å²) in [6.07, 6.45) is 4.14. The molecule has 0 aliphatic heterocycles. The monoisotopic (exact) mass is 355 g/mol. The molecule has 0 aliphatic rings. The Labute approximate surface area is 133 Å². The molecule has 3 nitrogen and oxygen atoms in total. The Morgan fingerprint density at radius 2 is 2.20 bits per heavy atom. The summed E-state index contributed by atoms with van der Waals surface area (Å²) in [5, 5.41) is 10.4. The topological polar surface area (TPSA) is 29.9 Å². The molecule has 0 amide bonds. The van der Waals surface area contributed by atoms with Crippen LogP contribution in [-0.4, -0.2) is 16.3 Å². The molecule has 2 aromatic heterocycles. The minimum Gasteiger partial charge on any atom is -0.309 e. The first-order valence-electron chi connectivity index (χ1n) is 7.12. The molecule has 0 fully saturated rings. The van der Waals surface area contributed by atoms with Crippen molar-refractivity contribution in [1.29, 1.82) is 0 Å². The van der Waals surface area contributed by atoms with Crippen LogP contribution in [0.15, 0.2) is 28.2 Å². The van der Waals surface area contributed by atoms with Gasteiger partial charge in [0.25, 0.3) is 0 Å². The van der Waals surface area contributed by atoms with Gasteiger partial charge in [0.2, 0.25) is 0 Å². The van der Waals surface area contributed by atoms with Gasteiger partial charge in [0.05, 0.1) is 5.69 Å². The lowest BCUT2D eigenvalue weighted by Crippen LogP contribution is -2.23. The molecular weight excluding hydrogens is 334 g/mol. The Hall–Kier alpha value is -0.650. The molecular formula is C15H22BrN3S. The van der Waals surface area contributed by atoms with E-state index in [0.717, 1.165) is 25.1 Å². The van der Waals surface area contributed by atoms with Crippen molar-refractivity contribution in [2.75, 3.05) is 6.54 Å². The van der Waals surface area contributed by atoms with Crippen molar-refractivity contribution in [3.63, 3.8) is 0 Å². The quantitative estimate of drug-likeness (QED) is 0.788. The SMILES string of the molecule is CCCNC(Cc1ccn(C(C)C)n1)c1sccc1Br. The minimum absolute atomic E-state index is 0.333. The molecule has 0 spiro atoms. The maximum absolute atomic E-state index is 4.66. The van der Waals surface area contributed by atoms with Gasteiger partial charge in [0.15, 0.2) is 0 Å². The highest BCUT2D eigenvalue weighted by Gasteiger charge is 2.17. The molecule has 110 valence electrons. The van der Waals surface area contributed by atoms with Gasteiger partial charge in [-0.3, -0.25) is 4.68 Å². The molecule has 2 rings (SSSR count). The van der Waals surface area contributed by atoms with Crippen LogP contribution >= 0.6 is 27.3 Å². The van der Waals surface area contributed by atoms with E-state index in [2.05, 4.69) is 70.8 Å². The van der Waals surface area contributed by atoms with Crippen LogP contribution in [0.1, 0.15) is 49.8 Å². The average Bonchev–Trinajstić information content (AvgIpc) is 3.03. The predicted molar refractivity (Wildman–Crippen MR) is 89.4 cm³/mol. The maximum Gasteiger partial charge on any atom is 0.0644 e. The first kappa shape index (κ1) is 15.7. The van der Waals surface area contributed by atoms with Crippen molar-refractivity contribution < 1.29 is 0 Å². The molecule has 0 saturated carbocycles. The second-order valence-corrected chi connectivity index (χ2v) is 7.03. The maximum atomic E-state index is 4.66. The third-order valence-electron chi connectivity index (χ3n) is 3.21. The van der Waals surface area contributed by atoms with Crippen molar-refractivity contribution in [3.8, 4) is 0 Å². The van der Waals surface area contributed by atoms with Gasteiger partial charge in [-0.2, -0.15) is 5.10 Å². The van der Waals surface area contributed by atoms with E-state index in [0.29, 0.717) is 12.1 Å². The Balaban J connectivity index is 2.12. The summed E-state index contributed by atoms with van der Waals surface area (Å²) in [7, 11) is 0. The molecule has 0 radical (unpaired) electrons. The second kappa shape index (κ2) is 7.38. The van der Waals surface area contributed by atoms with Gasteiger partial charge < -0.3 is 5.32 Å². The van der Waals surface area contributed by atoms with Crippen LogP contribution in [0.25, 0.3) is 0 Å². The number of nitrogens with one attached hydrogen (secondary N) is 1. The van der Waals surface area contributed by atoms with E-state index in [9.17, 15) is 0 Å². The largest absolute Gasteiger partial charge is 0.309 e. The molecule has 0 aromatic carbocycles. The highest BCUT2D eigenvalue weighted by Crippen LogP contribution is 2.31. The Morgan fingerprint density at radius 3 is 2.75 bits per heavy atom. The molecule has 5 heteroatoms. The summed E-state index contributed by atoms with van der Waals surface area (Å²) in [6.45, 7) is 7.53. The Morgan fingerprint density at radius 1 is 1.40 bits per heavy atom. The molecule has 20 heavy (non-hydrogen) atoms. The molecule has 1 atom stereocenters. The van der Waals surface area contributed by atoms with Crippen molar-refractivity contribution in [1.82, 2.24) is 15.1 Å². The second-order valence-electron chi connectivity index (χ2n) is 5.22. The van der Waals surface area contributed by atoms with E-state index in [-0.39, 0.29) is 0 Å². The van der Waals surface area contributed by atoms with Crippen LogP contribution in [0.2, 0.25) is 0 Å². The van der Waals surface area contributed by atoms with Crippen LogP contribution in [-0.2, 0) is 6.42 Å². The fourth-order valence-electron chi connectivity index (χ4n) is 2.11. The van der Waals surface area contributed by atoms with Crippen LogP contribution in [0.4, 0.5) is 0 Å². The number of hydrogen-bond donors (Lipinski definition) is 1. The van der Waals surface area contributed by atoms with Crippen LogP contribution in [0, 0.1) is 0 Å². The lowest BCUT2D eigenvalue weighted by molar-refractivity contribution is 0.502. The van der Waals surface area contributed by atoms with Crippen LogP contribution in [0.3, 0.4) is 0 Å². The lowest BCUT2D eigenvalue weighted by Gasteiger charge is -2.17. The minimum atomic E-state index is 0.333. The number of hydrogen-bond acceptors (Lipinski definition) is 3. The highest BCUT2D eigenvalue weighted by molar-refractivity contribution is 9.10. The van der Waals surface area contributed by atoms with Crippen LogP contribution in [0.5, 0.6) is 0 Å². The zero-order chi connectivity index (χ0) is 14.5. The molecule has 1 N–H and O–H groups in total. The fourth-order valence-corrected chi connectivity index (χ4v) is 3.84. The highest BCUT2D eigenvalue weighted by atomic mass is 79.9. The molecule has 2 heterocycles. The number of nitrogens with zero attached hydrogens (tertiary/aromatic N) is 2. The molecule has 1 unspecified atom stereocenters. The van der Waals surface area contributed by atoms with E-state index in [1.54, 1.807) is 11.3 Å². The zero-order valence-electron chi connectivity index (χ0n) is 12.3. The average molecular weight is 356 g/mol. The van der Waals surface area contributed by atoms with Gasteiger partial charge in [-0.25, -0.2) is 0 Å². The fraction of sp³-hybridized carbons (Fsp3) is 0.533. The lowest BCUT2D eigenvalue weighted by atomic mass is 10.1. The third-order valence-corrected chi connectivity index (χ3v) is 5.19. The van der Waals surface area contributed by atoms with E-state index < -0.39 is 0 Å². The number of aromatic nitrogens is 2. The summed E-state index contributed by atoms with van der Waals surface area (Å²) in [6, 6.07) is 4.99. The molecule has 0 saturated heterocycles. The van der Waals surface area contributed by atoms with Crippen LogP contribution < -0.4 is 5.32 Å². The van der Waals surface area contributed by atoms with Gasteiger partial charge >= 0.3 is 0 Å². The standard InChI is InChI=1S/C15H22BrN3S/c1-4-7-17-14(15-13(16)6-9-20-15)10-12-5-8-19(18-12)11(2)3/h5-6,8-9,11,14,17H,4,7,10H2,1-3H3. The molecule has 0 bridgehead atoms. The first-order chi connectivity index (χ1) is 9.61. The van der Waals surface area contributed by atoms with Gasteiger partial charge in [0, 0.05) is 34.1 Å². The summed E-state index contributed by atoms with van der Waals surface area (Å²) >= 11 is 5.44. The summed E-state index contributed by atoms with van der Waals surface area (Å²) in [5.74, 6) is 0. The van der Waals surface area contributed by atoms with Gasteiger partial charge in [-0.1, -0.05) is 6.92 Å². The number of rotatable bonds is 7. The number of thiophene rings is 1. The van der Waals surface area contributed by atoms with E-state index >= 15 is 0 Å². The summed E-state index contributed by atoms with van der Waals surface area (Å²) in [5.41, 5.74) is 1.15. The zero-order valence-corrected chi connectivity index (χ0v) is 14.7. The predicted octanol–water partition coefficient (Wildman–Crippen LogP) is 4.57.